The summed E-state index contributed by atoms with van der Waals surface area (Å²) in [5, 5.41) is 0. The maximum atomic E-state index is 11.7. The van der Waals surface area contributed by atoms with Crippen molar-refractivity contribution in [2.45, 2.75) is 58.9 Å². The Labute approximate surface area is 133 Å². The van der Waals surface area contributed by atoms with E-state index in [0.717, 1.165) is 31.2 Å². The van der Waals surface area contributed by atoms with E-state index in [2.05, 4.69) is 32.0 Å². The number of benzene rings is 1. The Morgan fingerprint density at radius 3 is 2.14 bits per heavy atom. The number of imide groups is 1. The van der Waals surface area contributed by atoms with Crippen LogP contribution in [0.25, 0.3) is 0 Å². The normalized spacial score (nSPS) is 14.2. The monoisotopic (exact) mass is 299 g/mol. The number of rotatable bonds is 8. The van der Waals surface area contributed by atoms with Crippen LogP contribution < -0.4 is 0 Å². The predicted octanol–water partition coefficient (Wildman–Crippen LogP) is 3.80. The van der Waals surface area contributed by atoms with Gasteiger partial charge in [0.05, 0.1) is 6.54 Å². The predicted molar refractivity (Wildman–Crippen MR) is 88.4 cm³/mol. The van der Waals surface area contributed by atoms with Crippen molar-refractivity contribution >= 4 is 11.8 Å². The van der Waals surface area contributed by atoms with Crippen LogP contribution >= 0.6 is 0 Å². The Balaban J connectivity index is 2.17. The highest BCUT2D eigenvalue weighted by Crippen LogP contribution is 2.20. The van der Waals surface area contributed by atoms with Crippen LogP contribution in [0.3, 0.4) is 0 Å². The first kappa shape index (κ1) is 16.5. The minimum absolute atomic E-state index is 0.207. The molecule has 1 heterocycles. The molecule has 0 aliphatic carbocycles. The summed E-state index contributed by atoms with van der Waals surface area (Å²) in [6.07, 6.45) is 9.46. The fourth-order valence-corrected chi connectivity index (χ4v) is 2.73. The third-order valence-electron chi connectivity index (χ3n) is 4.12. The van der Waals surface area contributed by atoms with E-state index >= 15 is 0 Å². The maximum Gasteiger partial charge on any atom is 0.253 e. The number of carbonyl (C=O) groups excluding carboxylic acids is 2. The van der Waals surface area contributed by atoms with Crippen molar-refractivity contribution in [3.8, 4) is 0 Å². The summed E-state index contributed by atoms with van der Waals surface area (Å²) in [4.78, 5) is 24.8. The molecule has 0 spiro atoms. The van der Waals surface area contributed by atoms with Gasteiger partial charge in [-0.15, -0.1) is 0 Å². The molecule has 0 saturated heterocycles. The quantitative estimate of drug-likeness (QED) is 0.685. The van der Waals surface area contributed by atoms with Gasteiger partial charge in [-0.1, -0.05) is 44.9 Å². The number of carbonyl (C=O) groups is 2. The second-order valence-corrected chi connectivity index (χ2v) is 5.91. The van der Waals surface area contributed by atoms with E-state index in [9.17, 15) is 9.59 Å². The van der Waals surface area contributed by atoms with E-state index in [-0.39, 0.29) is 11.8 Å². The van der Waals surface area contributed by atoms with Crippen LogP contribution in [0.4, 0.5) is 0 Å². The van der Waals surface area contributed by atoms with Gasteiger partial charge in [0, 0.05) is 12.2 Å². The van der Waals surface area contributed by atoms with Crippen LogP contribution in [0.15, 0.2) is 30.4 Å². The van der Waals surface area contributed by atoms with Gasteiger partial charge in [0.1, 0.15) is 0 Å². The molecular weight excluding hydrogens is 274 g/mol. The minimum atomic E-state index is -0.207. The fraction of sp³-hybridized carbons (Fsp3) is 0.474. The van der Waals surface area contributed by atoms with Gasteiger partial charge in [0.15, 0.2) is 0 Å². The summed E-state index contributed by atoms with van der Waals surface area (Å²) in [6, 6.07) is 6.49. The lowest BCUT2D eigenvalue weighted by Crippen LogP contribution is -2.29. The fourth-order valence-electron chi connectivity index (χ4n) is 2.73. The zero-order valence-electron chi connectivity index (χ0n) is 13.6. The highest BCUT2D eigenvalue weighted by Gasteiger charge is 2.24. The van der Waals surface area contributed by atoms with Crippen molar-refractivity contribution < 1.29 is 9.59 Å². The number of nitrogens with zero attached hydrogens (tertiary/aromatic N) is 1. The molecule has 1 aliphatic heterocycles. The summed E-state index contributed by atoms with van der Waals surface area (Å²) < 4.78 is 0. The van der Waals surface area contributed by atoms with Gasteiger partial charge in [-0.3, -0.25) is 14.5 Å². The highest BCUT2D eigenvalue weighted by atomic mass is 16.2. The van der Waals surface area contributed by atoms with Crippen LogP contribution in [0, 0.1) is 0 Å². The van der Waals surface area contributed by atoms with Gasteiger partial charge in [-0.2, -0.15) is 0 Å². The molecule has 1 aromatic rings. The van der Waals surface area contributed by atoms with E-state index in [1.165, 1.54) is 41.0 Å². The molecular formula is C19H25NO2. The molecule has 118 valence electrons. The summed E-state index contributed by atoms with van der Waals surface area (Å²) in [6.45, 7) is 4.76. The zero-order valence-corrected chi connectivity index (χ0v) is 13.6. The molecule has 0 N–H and O–H groups in total. The second-order valence-electron chi connectivity index (χ2n) is 5.91. The molecule has 0 fully saturated rings. The molecule has 1 aliphatic rings. The average Bonchev–Trinajstić information content (AvgIpc) is 2.84. The smallest absolute Gasteiger partial charge is 0.253 e. The summed E-state index contributed by atoms with van der Waals surface area (Å²) in [5.74, 6) is -0.414. The highest BCUT2D eigenvalue weighted by molar-refractivity contribution is 6.12. The molecule has 3 heteroatoms. The molecule has 0 unspecified atom stereocenters. The first-order chi connectivity index (χ1) is 10.7. The van der Waals surface area contributed by atoms with Crippen molar-refractivity contribution in [3.63, 3.8) is 0 Å². The van der Waals surface area contributed by atoms with E-state index in [1.807, 2.05) is 0 Å². The van der Waals surface area contributed by atoms with Crippen LogP contribution in [0.5, 0.6) is 0 Å². The van der Waals surface area contributed by atoms with E-state index in [4.69, 9.17) is 0 Å². The lowest BCUT2D eigenvalue weighted by Gasteiger charge is -2.18. The van der Waals surface area contributed by atoms with Crippen molar-refractivity contribution in [1.29, 1.82) is 0 Å². The number of hydrogen-bond acceptors (Lipinski definition) is 2. The molecule has 0 aromatic heterocycles. The molecule has 0 saturated carbocycles. The van der Waals surface area contributed by atoms with Gasteiger partial charge in [0.25, 0.3) is 11.8 Å². The number of hydrogen-bond donors (Lipinski definition) is 0. The molecule has 2 rings (SSSR count). The van der Waals surface area contributed by atoms with Crippen molar-refractivity contribution in [2.24, 2.45) is 0 Å². The number of aryl methyl sites for hydroxylation is 2. The molecule has 22 heavy (non-hydrogen) atoms. The standard InChI is InChI=1S/C19H25NO2/c1-3-5-7-15-9-10-17(16(13-15)8-6-4-2)14-20-18(21)11-12-19(20)22/h9-13H,3-8,14H2,1-2H3. The molecule has 0 atom stereocenters. The van der Waals surface area contributed by atoms with Crippen molar-refractivity contribution in [3.05, 3.63) is 47.0 Å². The van der Waals surface area contributed by atoms with Gasteiger partial charge in [-0.25, -0.2) is 0 Å². The summed E-state index contributed by atoms with van der Waals surface area (Å²) in [7, 11) is 0. The zero-order chi connectivity index (χ0) is 15.9. The molecule has 3 nitrogen and oxygen atoms in total. The van der Waals surface area contributed by atoms with Crippen molar-refractivity contribution in [2.75, 3.05) is 0 Å². The third kappa shape index (κ3) is 4.06. The van der Waals surface area contributed by atoms with Crippen LogP contribution in [-0.4, -0.2) is 16.7 Å². The van der Waals surface area contributed by atoms with E-state index in [0.29, 0.717) is 6.54 Å². The van der Waals surface area contributed by atoms with Crippen LogP contribution in [-0.2, 0) is 29.0 Å². The number of amides is 2. The van der Waals surface area contributed by atoms with Gasteiger partial charge >= 0.3 is 0 Å². The largest absolute Gasteiger partial charge is 0.271 e. The first-order valence-corrected chi connectivity index (χ1v) is 8.30. The first-order valence-electron chi connectivity index (χ1n) is 8.30. The van der Waals surface area contributed by atoms with Gasteiger partial charge in [-0.05, 0) is 42.4 Å². The Morgan fingerprint density at radius 1 is 0.864 bits per heavy atom. The topological polar surface area (TPSA) is 37.4 Å². The minimum Gasteiger partial charge on any atom is -0.271 e. The lowest BCUT2D eigenvalue weighted by atomic mass is 9.96. The number of unbranched alkanes of at least 4 members (excludes halogenated alkanes) is 2. The average molecular weight is 299 g/mol. The van der Waals surface area contributed by atoms with Crippen molar-refractivity contribution in [1.82, 2.24) is 4.90 Å². The Hall–Kier alpha value is -1.90. The molecule has 1 aromatic carbocycles. The Morgan fingerprint density at radius 2 is 1.50 bits per heavy atom. The second kappa shape index (κ2) is 7.92. The van der Waals surface area contributed by atoms with E-state index in [1.54, 1.807) is 0 Å². The Kier molecular flexibility index (Phi) is 5.93. The maximum absolute atomic E-state index is 11.7. The summed E-state index contributed by atoms with van der Waals surface area (Å²) >= 11 is 0. The van der Waals surface area contributed by atoms with Crippen LogP contribution in [0.1, 0.15) is 56.2 Å². The Bertz CT molecular complexity index is 557. The third-order valence-corrected chi connectivity index (χ3v) is 4.12. The molecule has 0 radical (unpaired) electrons. The van der Waals surface area contributed by atoms with Gasteiger partial charge in [0.2, 0.25) is 0 Å². The SMILES string of the molecule is CCCCc1ccc(CN2C(=O)C=CC2=O)c(CCCC)c1. The summed E-state index contributed by atoms with van der Waals surface area (Å²) in [5.41, 5.74) is 3.73. The molecule has 0 bridgehead atoms. The van der Waals surface area contributed by atoms with E-state index < -0.39 is 0 Å². The lowest BCUT2D eigenvalue weighted by molar-refractivity contribution is -0.137. The molecule has 2 amide bonds. The van der Waals surface area contributed by atoms with Crippen LogP contribution in [0.2, 0.25) is 0 Å². The van der Waals surface area contributed by atoms with Gasteiger partial charge < -0.3 is 0 Å².